The largest absolute Gasteiger partial charge is 0.388 e. The summed E-state index contributed by atoms with van der Waals surface area (Å²) < 4.78 is 0. The molecule has 5 nitrogen and oxygen atoms in total. The van der Waals surface area contributed by atoms with Crippen LogP contribution in [0.25, 0.3) is 0 Å². The molecule has 0 amide bonds. The average molecular weight is 553 g/mol. The van der Waals surface area contributed by atoms with Crippen LogP contribution >= 0.6 is 49.6 Å². The summed E-state index contributed by atoms with van der Waals surface area (Å²) in [6.45, 7) is 8.23. The van der Waals surface area contributed by atoms with Crippen LogP contribution in [0.1, 0.15) is 50.2 Å². The number of rotatable bonds is 10. The van der Waals surface area contributed by atoms with Gasteiger partial charge in [0.1, 0.15) is 5.84 Å². The third-order valence-corrected chi connectivity index (χ3v) is 5.98. The summed E-state index contributed by atoms with van der Waals surface area (Å²) in [6.07, 6.45) is 3.26. The van der Waals surface area contributed by atoms with E-state index in [1.165, 1.54) is 11.1 Å². The van der Waals surface area contributed by atoms with Gasteiger partial charge in [-0.2, -0.15) is 0 Å². The Kier molecular flexibility index (Phi) is 17.7. The molecule has 1 aliphatic heterocycles. The third-order valence-electron chi connectivity index (χ3n) is 5.98. The molecule has 0 fully saturated rings. The highest BCUT2D eigenvalue weighted by molar-refractivity contribution is 6.03. The Labute approximate surface area is 230 Å². The topological polar surface area (TPSA) is 74.5 Å². The smallest absolute Gasteiger partial charge is 0.107 e. The van der Waals surface area contributed by atoms with Crippen LogP contribution in [-0.4, -0.2) is 39.1 Å². The van der Waals surface area contributed by atoms with Gasteiger partial charge in [0, 0.05) is 36.3 Å². The summed E-state index contributed by atoms with van der Waals surface area (Å²) in [5.41, 5.74) is 10.4. The summed E-state index contributed by atoms with van der Waals surface area (Å²) in [6, 6.07) is 17.4. The van der Waals surface area contributed by atoms with E-state index in [9.17, 15) is 0 Å². The molecule has 3 rings (SSSR count). The zero-order valence-electron chi connectivity index (χ0n) is 20.3. The third kappa shape index (κ3) is 8.78. The molecule has 0 radical (unpaired) electrons. The molecule has 5 N–H and O–H groups in total. The normalized spacial score (nSPS) is 16.5. The highest BCUT2D eigenvalue weighted by Gasteiger charge is 2.41. The lowest BCUT2D eigenvalue weighted by molar-refractivity contribution is 0.445. The maximum Gasteiger partial charge on any atom is 0.107 e. The summed E-state index contributed by atoms with van der Waals surface area (Å²) in [5.74, 6) is 1.33. The van der Waals surface area contributed by atoms with E-state index in [2.05, 4.69) is 78.3 Å². The average Bonchev–Trinajstić information content (AvgIpc) is 2.76. The number of nitrogens with one attached hydrogen (secondary N) is 3. The van der Waals surface area contributed by atoms with Gasteiger partial charge in [0.25, 0.3) is 0 Å². The molecule has 0 bridgehead atoms. The van der Waals surface area contributed by atoms with Crippen molar-refractivity contribution in [2.45, 2.75) is 39.0 Å². The lowest BCUT2D eigenvalue weighted by Crippen LogP contribution is -2.41. The second-order valence-corrected chi connectivity index (χ2v) is 8.57. The Balaban J connectivity index is 0. The number of benzene rings is 2. The van der Waals surface area contributed by atoms with Crippen LogP contribution in [0.4, 0.5) is 11.4 Å². The molecule has 0 spiro atoms. The van der Waals surface area contributed by atoms with Crippen molar-refractivity contribution in [3.63, 3.8) is 0 Å². The van der Waals surface area contributed by atoms with E-state index in [1.54, 1.807) is 0 Å². The number of halogens is 4. The number of para-hydroxylation sites is 1. The maximum absolute atomic E-state index is 5.54. The van der Waals surface area contributed by atoms with Crippen molar-refractivity contribution >= 4 is 66.8 Å². The Morgan fingerprint density at radius 2 is 1.56 bits per heavy atom. The van der Waals surface area contributed by atoms with E-state index < -0.39 is 0 Å². The molecule has 0 saturated carbocycles. The highest BCUT2D eigenvalue weighted by Crippen LogP contribution is 2.48. The summed E-state index contributed by atoms with van der Waals surface area (Å²) in [4.78, 5) is 5.01. The highest BCUT2D eigenvalue weighted by atomic mass is 35.5. The van der Waals surface area contributed by atoms with Crippen LogP contribution in [-0.2, 0) is 0 Å². The van der Waals surface area contributed by atoms with Crippen molar-refractivity contribution in [1.29, 1.82) is 0 Å². The van der Waals surface area contributed by atoms with E-state index in [0.717, 1.165) is 62.7 Å². The molecule has 2 aromatic rings. The van der Waals surface area contributed by atoms with Crippen LogP contribution in [0.3, 0.4) is 0 Å². The second-order valence-electron chi connectivity index (χ2n) is 8.57. The van der Waals surface area contributed by atoms with Crippen molar-refractivity contribution in [3.8, 4) is 0 Å². The van der Waals surface area contributed by atoms with E-state index in [1.807, 2.05) is 7.05 Å². The number of nitrogens with two attached hydrogens (primary N) is 1. The molecule has 1 atom stereocenters. The Bertz CT molecular complexity index is 843. The first kappa shape index (κ1) is 35.0. The predicted octanol–water partition coefficient (Wildman–Crippen LogP) is 6.12. The Hall–Kier alpha value is -1.21. The van der Waals surface area contributed by atoms with Gasteiger partial charge in [-0.1, -0.05) is 44.2 Å². The first-order chi connectivity index (χ1) is 14.6. The zero-order chi connectivity index (χ0) is 21.4. The van der Waals surface area contributed by atoms with Gasteiger partial charge in [-0.3, -0.25) is 4.99 Å². The standard InChI is InChI=1S/C25H37N5.4ClH/c1-25(2)23(19-11-13-20(27-3)14-12-19)21-9-4-5-10-22(21)30-24(25)29-18-8-17-28-16-7-6-15-26;;;;/h4-5,9-14,23,27-28H,6-8,15-18,26H2,1-3H3,(H,29,30);4*1H. The van der Waals surface area contributed by atoms with Crippen LogP contribution in [0.15, 0.2) is 53.5 Å². The SMILES string of the molecule is CNc1ccc(C2c3ccccc3NC(=NCCCNCCCCN)C2(C)C)cc1.Cl.Cl.Cl.Cl. The van der Waals surface area contributed by atoms with Gasteiger partial charge in [0.05, 0.1) is 0 Å². The molecular formula is C25H41Cl4N5. The van der Waals surface area contributed by atoms with Crippen LogP contribution < -0.4 is 21.7 Å². The van der Waals surface area contributed by atoms with Gasteiger partial charge in [-0.15, -0.1) is 49.6 Å². The van der Waals surface area contributed by atoms with Crippen molar-refractivity contribution in [2.75, 3.05) is 43.9 Å². The molecule has 0 aromatic heterocycles. The number of nitrogens with zero attached hydrogens (tertiary/aromatic N) is 1. The first-order valence-electron chi connectivity index (χ1n) is 11.2. The zero-order valence-corrected chi connectivity index (χ0v) is 23.6. The quantitative estimate of drug-likeness (QED) is 0.268. The minimum atomic E-state index is -0.121. The van der Waals surface area contributed by atoms with Gasteiger partial charge in [0.2, 0.25) is 0 Å². The monoisotopic (exact) mass is 551 g/mol. The number of aliphatic imine (C=N–C) groups is 1. The number of hydrogen-bond donors (Lipinski definition) is 4. The van der Waals surface area contributed by atoms with Crippen molar-refractivity contribution in [1.82, 2.24) is 5.32 Å². The van der Waals surface area contributed by atoms with Crippen LogP contribution in [0.5, 0.6) is 0 Å². The van der Waals surface area contributed by atoms with Crippen LogP contribution in [0.2, 0.25) is 0 Å². The molecule has 34 heavy (non-hydrogen) atoms. The number of anilines is 2. The van der Waals surface area contributed by atoms with Gasteiger partial charge in [-0.05, 0) is 68.2 Å². The molecule has 194 valence electrons. The minimum Gasteiger partial charge on any atom is -0.388 e. The summed E-state index contributed by atoms with van der Waals surface area (Å²) in [5, 5.41) is 10.3. The fraction of sp³-hybridized carbons (Fsp3) is 0.480. The minimum absolute atomic E-state index is 0. The fourth-order valence-corrected chi connectivity index (χ4v) is 4.27. The number of unbranched alkanes of at least 4 members (excludes halogenated alkanes) is 1. The summed E-state index contributed by atoms with van der Waals surface area (Å²) >= 11 is 0. The summed E-state index contributed by atoms with van der Waals surface area (Å²) in [7, 11) is 1.95. The molecule has 1 heterocycles. The lowest BCUT2D eigenvalue weighted by Gasteiger charge is -2.42. The van der Waals surface area contributed by atoms with Crippen molar-refractivity contribution < 1.29 is 0 Å². The van der Waals surface area contributed by atoms with E-state index in [-0.39, 0.29) is 61.0 Å². The van der Waals surface area contributed by atoms with Crippen molar-refractivity contribution in [2.24, 2.45) is 16.1 Å². The molecule has 2 aromatic carbocycles. The van der Waals surface area contributed by atoms with Gasteiger partial charge < -0.3 is 21.7 Å². The molecule has 9 heteroatoms. The Morgan fingerprint density at radius 1 is 0.912 bits per heavy atom. The second kappa shape index (κ2) is 17.3. The van der Waals surface area contributed by atoms with Crippen LogP contribution in [0, 0.1) is 5.41 Å². The van der Waals surface area contributed by atoms with E-state index in [4.69, 9.17) is 10.7 Å². The van der Waals surface area contributed by atoms with Crippen molar-refractivity contribution in [3.05, 3.63) is 59.7 Å². The molecule has 1 aliphatic rings. The molecular weight excluding hydrogens is 512 g/mol. The number of hydrogen-bond acceptors (Lipinski definition) is 4. The Morgan fingerprint density at radius 3 is 2.21 bits per heavy atom. The molecule has 0 saturated heterocycles. The van der Waals surface area contributed by atoms with E-state index >= 15 is 0 Å². The lowest BCUT2D eigenvalue weighted by atomic mass is 9.68. The molecule has 1 unspecified atom stereocenters. The number of fused-ring (bicyclic) bond motifs is 1. The van der Waals surface area contributed by atoms with Gasteiger partial charge in [-0.25, -0.2) is 0 Å². The fourth-order valence-electron chi connectivity index (χ4n) is 4.27. The van der Waals surface area contributed by atoms with E-state index in [0.29, 0.717) is 0 Å². The molecule has 0 aliphatic carbocycles. The van der Waals surface area contributed by atoms with Gasteiger partial charge in [0.15, 0.2) is 0 Å². The van der Waals surface area contributed by atoms with Gasteiger partial charge >= 0.3 is 0 Å². The first-order valence-corrected chi connectivity index (χ1v) is 11.2. The number of amidine groups is 1. The maximum atomic E-state index is 5.54. The predicted molar refractivity (Wildman–Crippen MR) is 159 cm³/mol.